The van der Waals surface area contributed by atoms with Crippen molar-refractivity contribution in [2.75, 3.05) is 13.7 Å². The number of carbonyl (C=O) groups is 2. The zero-order chi connectivity index (χ0) is 23.1. The summed E-state index contributed by atoms with van der Waals surface area (Å²) in [5, 5.41) is 20.6. The van der Waals surface area contributed by atoms with Crippen molar-refractivity contribution in [2.24, 2.45) is 5.92 Å². The maximum absolute atomic E-state index is 13.1. The molecule has 31 heavy (non-hydrogen) atoms. The molecule has 1 aromatic carbocycles. The Morgan fingerprint density at radius 1 is 1.32 bits per heavy atom. The van der Waals surface area contributed by atoms with Gasteiger partial charge < -0.3 is 24.4 Å². The standard InChI is InChI=1S/C22H22Cl2O7/c1-5-6-12-7-11-8-14(25)22(3,20(27)13(11)9-30-12)31-21(28)15-10(2)16(23)18(26)17(24)19(15)29-4/h5-8,13,20,26-27H,9H2,1-4H3/b6-5+/t13-,20+,22+/m1/s1. The number of aliphatic hydroxyl groups excluding tert-OH is 1. The maximum Gasteiger partial charge on any atom is 0.343 e. The molecule has 1 aliphatic carbocycles. The molecule has 0 saturated carbocycles. The molecule has 0 fully saturated rings. The van der Waals surface area contributed by atoms with E-state index in [-0.39, 0.29) is 33.5 Å². The number of phenols is 1. The number of halogens is 2. The lowest BCUT2D eigenvalue weighted by atomic mass is 9.74. The highest BCUT2D eigenvalue weighted by Gasteiger charge is 2.52. The molecular formula is C22H22Cl2O7. The van der Waals surface area contributed by atoms with Crippen LogP contribution in [0, 0.1) is 12.8 Å². The van der Waals surface area contributed by atoms with Gasteiger partial charge in [0, 0.05) is 5.92 Å². The fourth-order valence-electron chi connectivity index (χ4n) is 3.67. The van der Waals surface area contributed by atoms with Crippen LogP contribution in [0.3, 0.4) is 0 Å². The molecule has 1 heterocycles. The molecule has 0 aromatic heterocycles. The average Bonchev–Trinajstić information content (AvgIpc) is 2.73. The molecule has 0 bridgehead atoms. The van der Waals surface area contributed by atoms with Crippen LogP contribution in [0.4, 0.5) is 0 Å². The van der Waals surface area contributed by atoms with Crippen LogP contribution in [0.1, 0.15) is 29.8 Å². The Balaban J connectivity index is 2.00. The molecule has 3 rings (SSSR count). The van der Waals surface area contributed by atoms with Crippen molar-refractivity contribution in [3.63, 3.8) is 0 Å². The summed E-state index contributed by atoms with van der Waals surface area (Å²) in [6.45, 7) is 4.75. The number of ether oxygens (including phenoxy) is 3. The van der Waals surface area contributed by atoms with Crippen LogP contribution in [0.2, 0.25) is 10.0 Å². The third kappa shape index (κ3) is 3.82. The molecule has 1 aromatic rings. The van der Waals surface area contributed by atoms with E-state index in [2.05, 4.69) is 0 Å². The number of hydrogen-bond acceptors (Lipinski definition) is 7. The first-order valence-electron chi connectivity index (χ1n) is 9.45. The fourth-order valence-corrected chi connectivity index (χ4v) is 4.17. The minimum absolute atomic E-state index is 0.114. The van der Waals surface area contributed by atoms with Crippen molar-refractivity contribution >= 4 is 35.0 Å². The number of benzene rings is 1. The second-order valence-electron chi connectivity index (χ2n) is 7.42. The molecule has 1 aliphatic heterocycles. The van der Waals surface area contributed by atoms with Crippen LogP contribution >= 0.6 is 23.2 Å². The number of fused-ring (bicyclic) bond motifs is 1. The number of allylic oxidation sites excluding steroid dienone is 3. The molecule has 7 nitrogen and oxygen atoms in total. The summed E-state index contributed by atoms with van der Waals surface area (Å²) in [6, 6.07) is 0. The van der Waals surface area contributed by atoms with Gasteiger partial charge in [-0.3, -0.25) is 4.79 Å². The Labute approximate surface area is 189 Å². The monoisotopic (exact) mass is 468 g/mol. The Morgan fingerprint density at radius 3 is 2.61 bits per heavy atom. The smallest absolute Gasteiger partial charge is 0.343 e. The lowest BCUT2D eigenvalue weighted by molar-refractivity contribution is -0.152. The van der Waals surface area contributed by atoms with Gasteiger partial charge in [0.05, 0.1) is 18.7 Å². The Morgan fingerprint density at radius 2 is 2.00 bits per heavy atom. The summed E-state index contributed by atoms with van der Waals surface area (Å²) in [5.74, 6) is -2.15. The van der Waals surface area contributed by atoms with Crippen LogP contribution in [-0.2, 0) is 14.3 Å². The average molecular weight is 469 g/mol. The third-order valence-electron chi connectivity index (χ3n) is 5.49. The highest BCUT2D eigenvalue weighted by atomic mass is 35.5. The number of esters is 1. The quantitative estimate of drug-likeness (QED) is 0.645. The number of aromatic hydroxyl groups is 1. The number of carbonyl (C=O) groups excluding carboxylic acids is 2. The van der Waals surface area contributed by atoms with Gasteiger partial charge in [0.2, 0.25) is 5.78 Å². The lowest BCUT2D eigenvalue weighted by Gasteiger charge is -2.41. The van der Waals surface area contributed by atoms with Crippen molar-refractivity contribution in [1.82, 2.24) is 0 Å². The van der Waals surface area contributed by atoms with Crippen LogP contribution in [-0.4, -0.2) is 47.4 Å². The molecule has 2 N–H and O–H groups in total. The second-order valence-corrected chi connectivity index (χ2v) is 8.18. The van der Waals surface area contributed by atoms with Crippen LogP contribution < -0.4 is 4.74 Å². The Bertz CT molecular complexity index is 1040. The fraction of sp³-hybridized carbons (Fsp3) is 0.364. The highest BCUT2D eigenvalue weighted by Crippen LogP contribution is 2.45. The summed E-state index contributed by atoms with van der Waals surface area (Å²) in [7, 11) is 1.26. The van der Waals surface area contributed by atoms with E-state index in [0.29, 0.717) is 11.3 Å². The molecule has 2 aliphatic rings. The van der Waals surface area contributed by atoms with Gasteiger partial charge in [-0.05, 0) is 50.1 Å². The van der Waals surface area contributed by atoms with E-state index in [9.17, 15) is 19.8 Å². The van der Waals surface area contributed by atoms with Gasteiger partial charge in [0.1, 0.15) is 22.4 Å². The van der Waals surface area contributed by atoms with Crippen molar-refractivity contribution in [2.45, 2.75) is 32.5 Å². The largest absolute Gasteiger partial charge is 0.505 e. The lowest BCUT2D eigenvalue weighted by Crippen LogP contribution is -2.57. The number of aliphatic hydroxyl groups is 1. The van der Waals surface area contributed by atoms with Gasteiger partial charge in [-0.25, -0.2) is 4.79 Å². The number of ketones is 1. The van der Waals surface area contributed by atoms with Gasteiger partial charge in [-0.15, -0.1) is 0 Å². The molecule has 9 heteroatoms. The van der Waals surface area contributed by atoms with Gasteiger partial charge in [0.15, 0.2) is 17.1 Å². The summed E-state index contributed by atoms with van der Waals surface area (Å²) in [6.07, 6.45) is 5.20. The van der Waals surface area contributed by atoms with E-state index < -0.39 is 35.1 Å². The summed E-state index contributed by atoms with van der Waals surface area (Å²) in [4.78, 5) is 26.0. The molecule has 0 amide bonds. The summed E-state index contributed by atoms with van der Waals surface area (Å²) >= 11 is 12.1. The minimum Gasteiger partial charge on any atom is -0.505 e. The minimum atomic E-state index is -1.88. The van der Waals surface area contributed by atoms with Crippen LogP contribution in [0.5, 0.6) is 11.5 Å². The summed E-state index contributed by atoms with van der Waals surface area (Å²) in [5.41, 5.74) is -1.28. The van der Waals surface area contributed by atoms with Gasteiger partial charge >= 0.3 is 5.97 Å². The van der Waals surface area contributed by atoms with Gasteiger partial charge in [-0.2, -0.15) is 0 Å². The second kappa shape index (κ2) is 8.57. The van der Waals surface area contributed by atoms with E-state index in [1.807, 2.05) is 6.92 Å². The number of hydrogen-bond donors (Lipinski definition) is 2. The first-order chi connectivity index (χ1) is 14.6. The summed E-state index contributed by atoms with van der Waals surface area (Å²) < 4.78 is 16.3. The van der Waals surface area contributed by atoms with Gasteiger partial charge in [-0.1, -0.05) is 29.3 Å². The molecule has 0 radical (unpaired) electrons. The van der Waals surface area contributed by atoms with E-state index in [1.54, 1.807) is 18.2 Å². The Kier molecular flexibility index (Phi) is 6.41. The molecular weight excluding hydrogens is 447 g/mol. The van der Waals surface area contributed by atoms with Crippen molar-refractivity contribution in [3.8, 4) is 11.5 Å². The van der Waals surface area contributed by atoms with E-state index in [4.69, 9.17) is 37.4 Å². The first-order valence-corrected chi connectivity index (χ1v) is 10.2. The first kappa shape index (κ1) is 23.2. The zero-order valence-corrected chi connectivity index (χ0v) is 18.9. The van der Waals surface area contributed by atoms with Crippen LogP contribution in [0.15, 0.2) is 35.6 Å². The molecule has 0 unspecified atom stereocenters. The number of methoxy groups -OCH3 is 1. The molecule has 0 spiro atoms. The maximum atomic E-state index is 13.1. The van der Waals surface area contributed by atoms with E-state index in [0.717, 1.165) is 0 Å². The molecule has 0 saturated heterocycles. The van der Waals surface area contributed by atoms with E-state index >= 15 is 0 Å². The highest BCUT2D eigenvalue weighted by molar-refractivity contribution is 6.39. The third-order valence-corrected chi connectivity index (χ3v) is 6.30. The Hall–Kier alpha value is -2.48. The SMILES string of the molecule is C/C=C/C1=CC2=CC(=O)[C@](C)(OC(=O)c3c(C)c(Cl)c(O)c(Cl)c3OC)[C@@H](O)[C@@H]2CO1. The predicted molar refractivity (Wildman–Crippen MR) is 115 cm³/mol. The normalized spacial score (nSPS) is 25.5. The van der Waals surface area contributed by atoms with Crippen molar-refractivity contribution < 1.29 is 34.0 Å². The number of rotatable bonds is 4. The van der Waals surface area contributed by atoms with Crippen LogP contribution in [0.25, 0.3) is 0 Å². The number of phenolic OH excluding ortho intramolecular Hbond substituents is 1. The zero-order valence-electron chi connectivity index (χ0n) is 17.4. The predicted octanol–water partition coefficient (Wildman–Crippen LogP) is 3.91. The molecule has 3 atom stereocenters. The van der Waals surface area contributed by atoms with Crippen molar-refractivity contribution in [1.29, 1.82) is 0 Å². The topological polar surface area (TPSA) is 102 Å². The van der Waals surface area contributed by atoms with Crippen molar-refractivity contribution in [3.05, 3.63) is 56.8 Å². The molecule has 166 valence electrons. The van der Waals surface area contributed by atoms with Gasteiger partial charge in [0.25, 0.3) is 0 Å². The van der Waals surface area contributed by atoms with E-state index in [1.165, 1.54) is 27.0 Å².